The number of hydrogen-bond donors (Lipinski definition) is 2. The van der Waals surface area contributed by atoms with Gasteiger partial charge in [-0.1, -0.05) is 59.4 Å². The standard InChI is InChI=1S/C22H18N4O4S2/c1-15-11-13-16(14-12-15)20(27)23-21-24-25-22(31-21)32(28,29)26-18-9-5-6-10-19(18)30-17-7-3-2-4-8-17/h2-14,26H,1H3,(H,23,24,27). The summed E-state index contributed by atoms with van der Waals surface area (Å²) in [7, 11) is -4.05. The van der Waals surface area contributed by atoms with Crippen molar-refractivity contribution in [3.63, 3.8) is 0 Å². The van der Waals surface area contributed by atoms with Crippen LogP contribution in [0.4, 0.5) is 10.8 Å². The highest BCUT2D eigenvalue weighted by atomic mass is 32.2. The quantitative estimate of drug-likeness (QED) is 0.382. The summed E-state index contributed by atoms with van der Waals surface area (Å²) in [6.45, 7) is 1.92. The van der Waals surface area contributed by atoms with Gasteiger partial charge in [-0.05, 0) is 43.3 Å². The fourth-order valence-corrected chi connectivity index (χ4v) is 4.65. The highest BCUT2D eigenvalue weighted by molar-refractivity contribution is 7.94. The van der Waals surface area contributed by atoms with E-state index in [1.54, 1.807) is 48.5 Å². The van der Waals surface area contributed by atoms with Gasteiger partial charge in [-0.3, -0.25) is 14.8 Å². The van der Waals surface area contributed by atoms with E-state index >= 15 is 0 Å². The lowest BCUT2D eigenvalue weighted by Crippen LogP contribution is -2.13. The maximum atomic E-state index is 12.8. The number of hydrogen-bond acceptors (Lipinski definition) is 7. The summed E-state index contributed by atoms with van der Waals surface area (Å²) < 4.78 is 33.7. The molecule has 0 aliphatic rings. The molecule has 1 amide bonds. The molecule has 32 heavy (non-hydrogen) atoms. The summed E-state index contributed by atoms with van der Waals surface area (Å²) in [6, 6.07) is 22.6. The Morgan fingerprint density at radius 1 is 0.906 bits per heavy atom. The van der Waals surface area contributed by atoms with Crippen LogP contribution >= 0.6 is 11.3 Å². The molecule has 3 aromatic carbocycles. The zero-order valence-electron chi connectivity index (χ0n) is 16.8. The van der Waals surface area contributed by atoms with Crippen LogP contribution in [0.3, 0.4) is 0 Å². The second-order valence-electron chi connectivity index (χ2n) is 6.71. The Hall–Kier alpha value is -3.76. The number of benzene rings is 3. The fourth-order valence-electron chi connectivity index (χ4n) is 2.69. The third kappa shape index (κ3) is 5.10. The molecule has 1 heterocycles. The minimum atomic E-state index is -4.05. The van der Waals surface area contributed by atoms with Crippen molar-refractivity contribution >= 4 is 38.1 Å². The van der Waals surface area contributed by atoms with Crippen molar-refractivity contribution in [3.8, 4) is 11.5 Å². The first-order chi connectivity index (χ1) is 15.4. The summed E-state index contributed by atoms with van der Waals surface area (Å²) in [4.78, 5) is 12.3. The van der Waals surface area contributed by atoms with Gasteiger partial charge in [0, 0.05) is 5.56 Å². The van der Waals surface area contributed by atoms with E-state index in [2.05, 4.69) is 20.2 Å². The van der Waals surface area contributed by atoms with Gasteiger partial charge in [0.15, 0.2) is 5.75 Å². The first kappa shape index (κ1) is 21.5. The predicted molar refractivity (Wildman–Crippen MR) is 123 cm³/mol. The van der Waals surface area contributed by atoms with E-state index in [0.717, 1.165) is 16.9 Å². The Kier molecular flexibility index (Phi) is 6.15. The van der Waals surface area contributed by atoms with Gasteiger partial charge in [0.1, 0.15) is 5.75 Å². The lowest BCUT2D eigenvalue weighted by Gasteiger charge is -2.12. The molecule has 0 spiro atoms. The minimum Gasteiger partial charge on any atom is -0.455 e. The normalized spacial score (nSPS) is 11.0. The number of nitrogens with one attached hydrogen (secondary N) is 2. The predicted octanol–water partition coefficient (Wildman–Crippen LogP) is 4.69. The van der Waals surface area contributed by atoms with Gasteiger partial charge in [-0.25, -0.2) is 0 Å². The Morgan fingerprint density at radius 3 is 2.34 bits per heavy atom. The Morgan fingerprint density at radius 2 is 1.59 bits per heavy atom. The molecule has 162 valence electrons. The van der Waals surface area contributed by atoms with Gasteiger partial charge in [0.05, 0.1) is 5.69 Å². The van der Waals surface area contributed by atoms with Crippen LogP contribution in [0.5, 0.6) is 11.5 Å². The van der Waals surface area contributed by atoms with Gasteiger partial charge >= 0.3 is 0 Å². The van der Waals surface area contributed by atoms with Crippen molar-refractivity contribution in [1.82, 2.24) is 10.2 Å². The van der Waals surface area contributed by atoms with E-state index in [0.29, 0.717) is 17.1 Å². The largest absolute Gasteiger partial charge is 0.455 e. The van der Waals surface area contributed by atoms with Crippen LogP contribution in [0.1, 0.15) is 15.9 Å². The van der Waals surface area contributed by atoms with Gasteiger partial charge in [0.25, 0.3) is 20.3 Å². The summed E-state index contributed by atoms with van der Waals surface area (Å²) in [5.41, 5.74) is 1.70. The maximum absolute atomic E-state index is 12.8. The molecule has 4 rings (SSSR count). The molecule has 8 nitrogen and oxygen atoms in total. The molecule has 0 aliphatic heterocycles. The number of amides is 1. The van der Waals surface area contributed by atoms with Gasteiger partial charge in [-0.15, -0.1) is 10.2 Å². The number of rotatable bonds is 7. The molecule has 1 aromatic heterocycles. The van der Waals surface area contributed by atoms with E-state index in [9.17, 15) is 13.2 Å². The van der Waals surface area contributed by atoms with E-state index in [1.807, 2.05) is 37.3 Å². The second-order valence-corrected chi connectivity index (χ2v) is 9.54. The fraction of sp³-hybridized carbons (Fsp3) is 0.0455. The van der Waals surface area contributed by atoms with Crippen LogP contribution < -0.4 is 14.8 Å². The first-order valence-electron chi connectivity index (χ1n) is 9.47. The molecule has 4 aromatic rings. The molecule has 0 unspecified atom stereocenters. The van der Waals surface area contributed by atoms with Gasteiger partial charge in [0.2, 0.25) is 5.13 Å². The number of anilines is 2. The van der Waals surface area contributed by atoms with Crippen molar-refractivity contribution in [2.45, 2.75) is 11.3 Å². The van der Waals surface area contributed by atoms with E-state index in [1.165, 1.54) is 0 Å². The number of nitrogens with zero attached hydrogens (tertiary/aromatic N) is 2. The molecular formula is C22H18N4O4S2. The molecule has 2 N–H and O–H groups in total. The van der Waals surface area contributed by atoms with E-state index < -0.39 is 15.9 Å². The SMILES string of the molecule is Cc1ccc(C(=O)Nc2nnc(S(=O)(=O)Nc3ccccc3Oc3ccccc3)s2)cc1. The zero-order chi connectivity index (χ0) is 22.6. The van der Waals surface area contributed by atoms with Crippen molar-refractivity contribution < 1.29 is 17.9 Å². The van der Waals surface area contributed by atoms with Crippen molar-refractivity contribution in [2.75, 3.05) is 10.0 Å². The van der Waals surface area contributed by atoms with Crippen LogP contribution in [0.2, 0.25) is 0 Å². The molecule has 0 fully saturated rings. The highest BCUT2D eigenvalue weighted by Crippen LogP contribution is 2.31. The van der Waals surface area contributed by atoms with Crippen molar-refractivity contribution in [2.24, 2.45) is 0 Å². The molecule has 0 bridgehead atoms. The summed E-state index contributed by atoms with van der Waals surface area (Å²) >= 11 is 0.750. The molecule has 0 atom stereocenters. The molecule has 0 saturated heterocycles. The highest BCUT2D eigenvalue weighted by Gasteiger charge is 2.23. The monoisotopic (exact) mass is 466 g/mol. The van der Waals surface area contributed by atoms with E-state index in [-0.39, 0.29) is 15.2 Å². The molecule has 0 saturated carbocycles. The minimum absolute atomic E-state index is 0.0739. The van der Waals surface area contributed by atoms with Crippen LogP contribution in [-0.4, -0.2) is 24.5 Å². The molecule has 10 heteroatoms. The summed E-state index contributed by atoms with van der Waals surface area (Å²) in [5.74, 6) is 0.496. The number of sulfonamides is 1. The Bertz CT molecular complexity index is 1340. The van der Waals surface area contributed by atoms with E-state index in [4.69, 9.17) is 4.74 Å². The van der Waals surface area contributed by atoms with Crippen LogP contribution in [0.25, 0.3) is 0 Å². The summed E-state index contributed by atoms with van der Waals surface area (Å²) in [5, 5.41) is 10.1. The molecule has 0 radical (unpaired) electrons. The topological polar surface area (TPSA) is 110 Å². The third-order valence-electron chi connectivity index (χ3n) is 4.27. The van der Waals surface area contributed by atoms with Crippen molar-refractivity contribution in [3.05, 3.63) is 90.0 Å². The Balaban J connectivity index is 1.50. The van der Waals surface area contributed by atoms with Gasteiger partial charge < -0.3 is 4.74 Å². The Labute approximate surface area is 189 Å². The van der Waals surface area contributed by atoms with Crippen LogP contribution in [0, 0.1) is 6.92 Å². The van der Waals surface area contributed by atoms with Crippen LogP contribution in [0.15, 0.2) is 83.2 Å². The zero-order valence-corrected chi connectivity index (χ0v) is 18.5. The second kappa shape index (κ2) is 9.16. The van der Waals surface area contributed by atoms with Gasteiger partial charge in [-0.2, -0.15) is 8.42 Å². The van der Waals surface area contributed by atoms with Crippen molar-refractivity contribution in [1.29, 1.82) is 0 Å². The molecule has 0 aliphatic carbocycles. The smallest absolute Gasteiger partial charge is 0.291 e. The third-order valence-corrected chi connectivity index (χ3v) is 6.84. The number of carbonyl (C=O) groups is 1. The maximum Gasteiger partial charge on any atom is 0.291 e. The average Bonchev–Trinajstić information content (AvgIpc) is 3.26. The lowest BCUT2D eigenvalue weighted by molar-refractivity contribution is 0.102. The first-order valence-corrected chi connectivity index (χ1v) is 11.8. The number of aromatic nitrogens is 2. The number of aryl methyl sites for hydroxylation is 1. The number of para-hydroxylation sites is 3. The lowest BCUT2D eigenvalue weighted by atomic mass is 10.1. The average molecular weight is 467 g/mol. The molecular weight excluding hydrogens is 448 g/mol. The van der Waals surface area contributed by atoms with Crippen LogP contribution in [-0.2, 0) is 10.0 Å². The number of ether oxygens (including phenoxy) is 1. The summed E-state index contributed by atoms with van der Waals surface area (Å²) in [6.07, 6.45) is 0. The number of carbonyl (C=O) groups excluding carboxylic acids is 1.